The van der Waals surface area contributed by atoms with Crippen LogP contribution in [0.5, 0.6) is 0 Å². The summed E-state index contributed by atoms with van der Waals surface area (Å²) in [7, 11) is -2.95. The van der Waals surface area contributed by atoms with E-state index in [1.165, 1.54) is 19.3 Å². The van der Waals surface area contributed by atoms with Gasteiger partial charge in [-0.05, 0) is 46.6 Å². The van der Waals surface area contributed by atoms with E-state index in [4.69, 9.17) is 0 Å². The Morgan fingerprint density at radius 1 is 1.19 bits per heavy atom. The Kier molecular flexibility index (Phi) is 4.80. The minimum Gasteiger partial charge on any atom is -0.314 e. The molecule has 0 amide bonds. The maximum absolute atomic E-state index is 12.0. The van der Waals surface area contributed by atoms with E-state index >= 15 is 0 Å². The number of nitrogens with one attached hydrogen (secondary N) is 1. The second-order valence-corrected chi connectivity index (χ2v) is 8.58. The van der Waals surface area contributed by atoms with Crippen LogP contribution in [0.2, 0.25) is 0 Å². The fraction of sp³-hybridized carbons (Fsp3) is 1.00. The highest BCUT2D eigenvalue weighted by molar-refractivity contribution is 7.92. The Hall–Kier alpha value is -0.0900. The van der Waals surface area contributed by atoms with Crippen molar-refractivity contribution in [3.63, 3.8) is 0 Å². The van der Waals surface area contributed by atoms with Crippen molar-refractivity contribution in [2.75, 3.05) is 12.3 Å². The van der Waals surface area contributed by atoms with Crippen molar-refractivity contribution in [1.82, 2.24) is 5.32 Å². The summed E-state index contributed by atoms with van der Waals surface area (Å²) in [5.41, 5.74) is 0. The van der Waals surface area contributed by atoms with Gasteiger partial charge in [0, 0.05) is 6.04 Å². The molecule has 1 aliphatic heterocycles. The Balaban J connectivity index is 2.44. The molecule has 1 fully saturated rings. The molecule has 0 aromatic carbocycles. The van der Waals surface area contributed by atoms with E-state index in [-0.39, 0.29) is 0 Å². The third-order valence-electron chi connectivity index (χ3n) is 3.33. The normalized spacial score (nSPS) is 24.1. The van der Waals surface area contributed by atoms with Crippen LogP contribution in [0.3, 0.4) is 0 Å². The van der Waals surface area contributed by atoms with Gasteiger partial charge in [-0.2, -0.15) is 0 Å². The first-order chi connectivity index (χ1) is 7.33. The van der Waals surface area contributed by atoms with E-state index < -0.39 is 14.6 Å². The van der Waals surface area contributed by atoms with Gasteiger partial charge in [0.15, 0.2) is 9.84 Å². The summed E-state index contributed by atoms with van der Waals surface area (Å²) >= 11 is 0. The molecule has 1 heterocycles. The number of rotatable bonds is 3. The van der Waals surface area contributed by atoms with E-state index in [2.05, 4.69) is 5.32 Å². The Morgan fingerprint density at radius 3 is 2.50 bits per heavy atom. The molecule has 16 heavy (non-hydrogen) atoms. The van der Waals surface area contributed by atoms with Gasteiger partial charge in [-0.3, -0.25) is 0 Å². The van der Waals surface area contributed by atoms with Crippen molar-refractivity contribution in [2.24, 2.45) is 0 Å². The second kappa shape index (κ2) is 5.50. The molecule has 1 unspecified atom stereocenters. The minimum atomic E-state index is -2.95. The molecular weight excluding hydrogens is 222 g/mol. The van der Waals surface area contributed by atoms with Crippen LogP contribution < -0.4 is 5.32 Å². The third kappa shape index (κ3) is 4.06. The maximum atomic E-state index is 12.0. The Labute approximate surface area is 99.9 Å². The van der Waals surface area contributed by atoms with Crippen LogP contribution in [-0.2, 0) is 9.84 Å². The van der Waals surface area contributed by atoms with Gasteiger partial charge in [-0.15, -0.1) is 0 Å². The topological polar surface area (TPSA) is 46.2 Å². The molecule has 1 N–H and O–H groups in total. The van der Waals surface area contributed by atoms with Crippen LogP contribution in [-0.4, -0.2) is 31.5 Å². The van der Waals surface area contributed by atoms with Gasteiger partial charge in [0.2, 0.25) is 0 Å². The lowest BCUT2D eigenvalue weighted by atomic mass is 10.1. The zero-order valence-corrected chi connectivity index (χ0v) is 11.6. The molecule has 0 saturated carbocycles. The van der Waals surface area contributed by atoms with Crippen LogP contribution in [0.1, 0.15) is 52.9 Å². The van der Waals surface area contributed by atoms with Crippen molar-refractivity contribution in [1.29, 1.82) is 0 Å². The largest absolute Gasteiger partial charge is 0.314 e. The zero-order chi connectivity index (χ0) is 12.2. The van der Waals surface area contributed by atoms with Crippen molar-refractivity contribution in [3.8, 4) is 0 Å². The molecule has 4 heteroatoms. The van der Waals surface area contributed by atoms with Crippen LogP contribution >= 0.6 is 0 Å². The molecule has 0 aromatic rings. The summed E-state index contributed by atoms with van der Waals surface area (Å²) in [5.74, 6) is 0.314. The van der Waals surface area contributed by atoms with Crippen molar-refractivity contribution >= 4 is 9.84 Å². The maximum Gasteiger partial charge on any atom is 0.155 e. The molecule has 3 nitrogen and oxygen atoms in total. The van der Waals surface area contributed by atoms with Crippen molar-refractivity contribution in [3.05, 3.63) is 0 Å². The predicted octanol–water partition coefficient (Wildman–Crippen LogP) is 2.12. The molecule has 1 atom stereocenters. The monoisotopic (exact) mass is 247 g/mol. The highest BCUT2D eigenvalue weighted by Gasteiger charge is 2.29. The first kappa shape index (κ1) is 14.0. The molecule has 0 radical (unpaired) electrons. The van der Waals surface area contributed by atoms with Gasteiger partial charge in [-0.25, -0.2) is 8.42 Å². The molecule has 96 valence electrons. The number of hydrogen-bond acceptors (Lipinski definition) is 3. The van der Waals surface area contributed by atoms with E-state index in [0.29, 0.717) is 11.8 Å². The van der Waals surface area contributed by atoms with Crippen LogP contribution in [0.25, 0.3) is 0 Å². The van der Waals surface area contributed by atoms with Crippen LogP contribution in [0.15, 0.2) is 0 Å². The smallest absolute Gasteiger partial charge is 0.155 e. The second-order valence-electron chi connectivity index (χ2n) is 5.72. The van der Waals surface area contributed by atoms with Gasteiger partial charge in [0.05, 0.1) is 10.5 Å². The molecule has 0 aromatic heterocycles. The van der Waals surface area contributed by atoms with Crippen molar-refractivity contribution < 1.29 is 8.42 Å². The SMILES string of the molecule is CC(C)(C)S(=O)(=O)CCC1CCCCCN1. The first-order valence-electron chi connectivity index (χ1n) is 6.28. The van der Waals surface area contributed by atoms with E-state index in [1.54, 1.807) is 20.8 Å². The summed E-state index contributed by atoms with van der Waals surface area (Å²) in [4.78, 5) is 0. The average Bonchev–Trinajstić information content (AvgIpc) is 2.41. The van der Waals surface area contributed by atoms with E-state index in [9.17, 15) is 8.42 Å². The van der Waals surface area contributed by atoms with Gasteiger partial charge < -0.3 is 5.32 Å². The highest BCUT2D eigenvalue weighted by atomic mass is 32.2. The van der Waals surface area contributed by atoms with Gasteiger partial charge in [0.25, 0.3) is 0 Å². The summed E-state index contributed by atoms with van der Waals surface area (Å²) < 4.78 is 23.3. The number of hydrogen-bond donors (Lipinski definition) is 1. The predicted molar refractivity (Wildman–Crippen MR) is 68.4 cm³/mol. The lowest BCUT2D eigenvalue weighted by Crippen LogP contribution is -2.35. The van der Waals surface area contributed by atoms with Crippen LogP contribution in [0.4, 0.5) is 0 Å². The van der Waals surface area contributed by atoms with Gasteiger partial charge >= 0.3 is 0 Å². The standard InChI is InChI=1S/C12H25NO2S/c1-12(2,3)16(14,15)10-8-11-7-5-4-6-9-13-11/h11,13H,4-10H2,1-3H3. The highest BCUT2D eigenvalue weighted by Crippen LogP contribution is 2.19. The van der Waals surface area contributed by atoms with Crippen LogP contribution in [0, 0.1) is 0 Å². The molecule has 1 aliphatic rings. The van der Waals surface area contributed by atoms with E-state index in [1.807, 2.05) is 0 Å². The Bertz CT molecular complexity index is 295. The molecule has 1 rings (SSSR count). The summed E-state index contributed by atoms with van der Waals surface area (Å²) in [5, 5.41) is 3.44. The van der Waals surface area contributed by atoms with E-state index in [0.717, 1.165) is 19.4 Å². The summed E-state index contributed by atoms with van der Waals surface area (Å²) in [6, 6.07) is 0.402. The fourth-order valence-electron chi connectivity index (χ4n) is 1.95. The van der Waals surface area contributed by atoms with Gasteiger partial charge in [-0.1, -0.05) is 12.8 Å². The average molecular weight is 247 g/mol. The zero-order valence-electron chi connectivity index (χ0n) is 10.8. The fourth-order valence-corrected chi connectivity index (χ4v) is 3.16. The molecule has 0 aliphatic carbocycles. The third-order valence-corrected chi connectivity index (χ3v) is 5.97. The summed E-state index contributed by atoms with van der Waals surface area (Å²) in [6.45, 7) is 6.38. The molecule has 0 spiro atoms. The lowest BCUT2D eigenvalue weighted by molar-refractivity contribution is 0.488. The molecule has 0 bridgehead atoms. The lowest BCUT2D eigenvalue weighted by Gasteiger charge is -2.21. The quantitative estimate of drug-likeness (QED) is 0.831. The summed E-state index contributed by atoms with van der Waals surface area (Å²) in [6.07, 6.45) is 5.62. The molecule has 1 saturated heterocycles. The molecular formula is C12H25NO2S. The minimum absolute atomic E-state index is 0.314. The van der Waals surface area contributed by atoms with Crippen molar-refractivity contribution in [2.45, 2.75) is 63.7 Å². The Morgan fingerprint density at radius 2 is 1.88 bits per heavy atom. The first-order valence-corrected chi connectivity index (χ1v) is 7.94. The number of sulfone groups is 1. The van der Waals surface area contributed by atoms with Gasteiger partial charge in [0.1, 0.15) is 0 Å².